The fraction of sp³-hybridized carbons (Fsp3) is 0.231. The van der Waals surface area contributed by atoms with Crippen molar-refractivity contribution in [1.29, 1.82) is 0 Å². The van der Waals surface area contributed by atoms with Gasteiger partial charge in [-0.15, -0.1) is 12.6 Å². The first-order valence-electron chi connectivity index (χ1n) is 10.5. The van der Waals surface area contributed by atoms with Gasteiger partial charge < -0.3 is 15.1 Å². The van der Waals surface area contributed by atoms with Crippen molar-refractivity contribution >= 4 is 36.2 Å². The zero-order valence-corrected chi connectivity index (χ0v) is 19.9. The largest absolute Gasteiger partial charge is 0.364 e. The summed E-state index contributed by atoms with van der Waals surface area (Å²) in [5.41, 5.74) is 5.51. The molecule has 0 radical (unpaired) electrons. The summed E-state index contributed by atoms with van der Waals surface area (Å²) in [5, 5.41) is 2.94. The number of benzene rings is 3. The molecule has 0 aromatic heterocycles. The van der Waals surface area contributed by atoms with E-state index in [2.05, 4.69) is 46.9 Å². The number of likely N-dealkylation sites (N-methyl/N-ethyl adjacent to an activating group) is 2. The summed E-state index contributed by atoms with van der Waals surface area (Å²) in [5.74, 6) is -0.159. The van der Waals surface area contributed by atoms with Crippen LogP contribution in [0.1, 0.15) is 15.9 Å². The first-order valence-corrected chi connectivity index (χ1v) is 11.0. The highest BCUT2D eigenvalue weighted by atomic mass is 32.1. The van der Waals surface area contributed by atoms with E-state index in [4.69, 9.17) is 0 Å². The van der Waals surface area contributed by atoms with Gasteiger partial charge in [0, 0.05) is 36.3 Å². The number of thiol groups is 1. The van der Waals surface area contributed by atoms with Crippen LogP contribution in [0.2, 0.25) is 0 Å². The van der Waals surface area contributed by atoms with Crippen LogP contribution in [0.5, 0.6) is 0 Å². The predicted molar refractivity (Wildman–Crippen MR) is 138 cm³/mol. The average Bonchev–Trinajstić information content (AvgIpc) is 2.77. The van der Waals surface area contributed by atoms with Gasteiger partial charge in [-0.2, -0.15) is 0 Å². The molecule has 3 aromatic carbocycles. The average molecular weight is 447 g/mol. The highest BCUT2D eigenvalue weighted by Gasteiger charge is 2.09. The van der Waals surface area contributed by atoms with Gasteiger partial charge in [0.2, 0.25) is 0 Å². The lowest BCUT2D eigenvalue weighted by Gasteiger charge is -2.16. The number of hydrogen-bond donors (Lipinski definition) is 2. The molecule has 0 aliphatic heterocycles. The molecule has 0 bridgehead atoms. The van der Waals surface area contributed by atoms with Crippen molar-refractivity contribution in [3.63, 3.8) is 0 Å². The molecule has 5 nitrogen and oxygen atoms in total. The Labute approximate surface area is 196 Å². The second kappa shape index (κ2) is 11.0. The Bertz CT molecular complexity index is 1090. The summed E-state index contributed by atoms with van der Waals surface area (Å²) in [6.45, 7) is 3.92. The molecule has 0 aliphatic rings. The SMILES string of the molecule is Cc1ccccc1-c1ccc(C(=O)Nc2ccc(N=CN(C)CCN(C)C)c(S)c2)cc1. The molecule has 1 N–H and O–H groups in total. The van der Waals surface area contributed by atoms with Crippen LogP contribution in [0.25, 0.3) is 11.1 Å². The third-order valence-electron chi connectivity index (χ3n) is 5.13. The molecule has 0 fully saturated rings. The minimum atomic E-state index is -0.159. The zero-order valence-electron chi connectivity index (χ0n) is 19.0. The molecule has 0 saturated carbocycles. The molecule has 3 rings (SSSR count). The number of nitrogens with zero attached hydrogens (tertiary/aromatic N) is 3. The summed E-state index contributed by atoms with van der Waals surface area (Å²) < 4.78 is 0. The van der Waals surface area contributed by atoms with E-state index in [0.29, 0.717) is 16.1 Å². The van der Waals surface area contributed by atoms with E-state index in [-0.39, 0.29) is 5.91 Å². The standard InChI is InChI=1S/C26H30N4OS/c1-19-7-5-6-8-23(19)20-9-11-21(12-10-20)26(31)28-22-13-14-24(25(32)17-22)27-18-30(4)16-15-29(2)3/h5-14,17-18,32H,15-16H2,1-4H3,(H,28,31). The van der Waals surface area contributed by atoms with Crippen molar-refractivity contribution in [1.82, 2.24) is 9.80 Å². The number of anilines is 1. The third kappa shape index (κ3) is 6.45. The van der Waals surface area contributed by atoms with E-state index in [9.17, 15) is 4.79 Å². The van der Waals surface area contributed by atoms with E-state index in [1.54, 1.807) is 6.34 Å². The van der Waals surface area contributed by atoms with Gasteiger partial charge in [0.05, 0.1) is 12.0 Å². The fourth-order valence-corrected chi connectivity index (χ4v) is 3.46. The number of nitrogens with one attached hydrogen (secondary N) is 1. The van der Waals surface area contributed by atoms with Crippen LogP contribution >= 0.6 is 12.6 Å². The Morgan fingerprint density at radius 2 is 1.72 bits per heavy atom. The van der Waals surface area contributed by atoms with Crippen LogP contribution in [0, 0.1) is 6.92 Å². The molecule has 0 spiro atoms. The molecule has 0 atom stereocenters. The molecule has 32 heavy (non-hydrogen) atoms. The third-order valence-corrected chi connectivity index (χ3v) is 5.49. The molecule has 6 heteroatoms. The monoisotopic (exact) mass is 446 g/mol. The minimum Gasteiger partial charge on any atom is -0.364 e. The van der Waals surface area contributed by atoms with Gasteiger partial charge in [-0.05, 0) is 68.0 Å². The van der Waals surface area contributed by atoms with Gasteiger partial charge in [0.15, 0.2) is 0 Å². The minimum absolute atomic E-state index is 0.159. The summed E-state index contributed by atoms with van der Waals surface area (Å²) >= 11 is 4.54. The summed E-state index contributed by atoms with van der Waals surface area (Å²) in [6, 6.07) is 21.4. The lowest BCUT2D eigenvalue weighted by atomic mass is 9.99. The second-order valence-corrected chi connectivity index (χ2v) is 8.56. The number of carbonyl (C=O) groups excluding carboxylic acids is 1. The molecule has 3 aromatic rings. The van der Waals surface area contributed by atoms with Gasteiger partial charge in [0.1, 0.15) is 0 Å². The van der Waals surface area contributed by atoms with Gasteiger partial charge >= 0.3 is 0 Å². The first-order chi connectivity index (χ1) is 15.3. The molecular weight excluding hydrogens is 416 g/mol. The Hall–Kier alpha value is -3.09. The molecule has 0 unspecified atom stereocenters. The molecular formula is C26H30N4OS. The highest BCUT2D eigenvalue weighted by molar-refractivity contribution is 7.80. The van der Waals surface area contributed by atoms with Crippen molar-refractivity contribution in [2.45, 2.75) is 11.8 Å². The van der Waals surface area contributed by atoms with Crippen molar-refractivity contribution in [2.75, 3.05) is 39.5 Å². The topological polar surface area (TPSA) is 47.9 Å². The van der Waals surface area contributed by atoms with Gasteiger partial charge in [-0.3, -0.25) is 4.79 Å². The highest BCUT2D eigenvalue weighted by Crippen LogP contribution is 2.27. The van der Waals surface area contributed by atoms with E-state index < -0.39 is 0 Å². The Kier molecular flexibility index (Phi) is 8.09. The number of amides is 1. The van der Waals surface area contributed by atoms with Crippen LogP contribution in [0.4, 0.5) is 11.4 Å². The lowest BCUT2D eigenvalue weighted by Crippen LogP contribution is -2.27. The lowest BCUT2D eigenvalue weighted by molar-refractivity contribution is 0.102. The molecule has 0 heterocycles. The summed E-state index contributed by atoms with van der Waals surface area (Å²) in [4.78, 5) is 22.1. The number of rotatable bonds is 8. The summed E-state index contributed by atoms with van der Waals surface area (Å²) in [7, 11) is 6.08. The number of aryl methyl sites for hydroxylation is 1. The number of carbonyl (C=O) groups is 1. The van der Waals surface area contributed by atoms with Crippen LogP contribution in [-0.2, 0) is 0 Å². The van der Waals surface area contributed by atoms with Crippen molar-refractivity contribution in [3.8, 4) is 11.1 Å². The first kappa shape index (κ1) is 23.6. The summed E-state index contributed by atoms with van der Waals surface area (Å²) in [6.07, 6.45) is 1.80. The van der Waals surface area contributed by atoms with E-state index >= 15 is 0 Å². The Morgan fingerprint density at radius 3 is 2.38 bits per heavy atom. The van der Waals surface area contributed by atoms with Gasteiger partial charge in [0.25, 0.3) is 5.91 Å². The van der Waals surface area contributed by atoms with E-state index in [0.717, 1.165) is 24.3 Å². The smallest absolute Gasteiger partial charge is 0.255 e. The predicted octanol–water partition coefficient (Wildman–Crippen LogP) is 5.36. The second-order valence-electron chi connectivity index (χ2n) is 8.08. The molecule has 0 aliphatic carbocycles. The quantitative estimate of drug-likeness (QED) is 0.278. The Balaban J connectivity index is 1.64. The van der Waals surface area contributed by atoms with Gasteiger partial charge in [-0.25, -0.2) is 4.99 Å². The van der Waals surface area contributed by atoms with Crippen LogP contribution in [0.15, 0.2) is 76.6 Å². The maximum Gasteiger partial charge on any atom is 0.255 e. The van der Waals surface area contributed by atoms with Crippen LogP contribution < -0.4 is 5.32 Å². The maximum atomic E-state index is 12.7. The van der Waals surface area contributed by atoms with Crippen molar-refractivity contribution in [3.05, 3.63) is 77.9 Å². The van der Waals surface area contributed by atoms with E-state index in [1.807, 2.05) is 80.6 Å². The number of hydrogen-bond acceptors (Lipinski definition) is 4. The van der Waals surface area contributed by atoms with Crippen LogP contribution in [-0.4, -0.2) is 56.3 Å². The zero-order chi connectivity index (χ0) is 23.1. The fourth-order valence-electron chi connectivity index (χ4n) is 3.19. The Morgan fingerprint density at radius 1 is 1.00 bits per heavy atom. The molecule has 0 saturated heterocycles. The van der Waals surface area contributed by atoms with E-state index in [1.165, 1.54) is 11.1 Å². The maximum absolute atomic E-state index is 12.7. The van der Waals surface area contributed by atoms with Gasteiger partial charge in [-0.1, -0.05) is 36.4 Å². The molecule has 166 valence electrons. The normalized spacial score (nSPS) is 11.2. The van der Waals surface area contributed by atoms with Crippen LogP contribution in [0.3, 0.4) is 0 Å². The number of aliphatic imine (C=N–C) groups is 1. The van der Waals surface area contributed by atoms with Crippen molar-refractivity contribution in [2.24, 2.45) is 4.99 Å². The molecule has 1 amide bonds. The van der Waals surface area contributed by atoms with Crippen molar-refractivity contribution < 1.29 is 4.79 Å².